The van der Waals surface area contributed by atoms with Crippen molar-refractivity contribution in [3.05, 3.63) is 22.3 Å². The molecule has 40 heavy (non-hydrogen) atoms. The van der Waals surface area contributed by atoms with Gasteiger partial charge in [-0.15, -0.1) is 0 Å². The summed E-state index contributed by atoms with van der Waals surface area (Å²) in [4.78, 5) is 23.9. The van der Waals surface area contributed by atoms with Crippen molar-refractivity contribution in [2.45, 2.75) is 175 Å². The topological polar surface area (TPSA) is 76.0 Å². The Morgan fingerprint density at radius 1 is 0.550 bits per heavy atom. The van der Waals surface area contributed by atoms with Crippen LogP contribution in [0.3, 0.4) is 0 Å². The minimum Gasteiger partial charge on any atom is -0.504 e. The lowest BCUT2D eigenvalue weighted by atomic mass is 9.85. The molecule has 0 aliphatic heterocycles. The highest BCUT2D eigenvalue weighted by molar-refractivity contribution is 5.94. The van der Waals surface area contributed by atoms with E-state index in [4.69, 9.17) is 9.78 Å². The molecule has 0 aromatic heterocycles. The van der Waals surface area contributed by atoms with E-state index in [2.05, 4.69) is 27.7 Å². The zero-order valence-corrected chi connectivity index (χ0v) is 26.6. The lowest BCUT2D eigenvalue weighted by molar-refractivity contribution is -0.208. The van der Waals surface area contributed by atoms with E-state index in [9.17, 15) is 15.0 Å². The van der Waals surface area contributed by atoms with Crippen LogP contribution in [0.5, 0.6) is 11.5 Å². The number of phenols is 1. The SMILES string of the molecule is CCCCCCCCc1c(CCCCCCCC)c(OOCCCC)c(O)c(C(=O)O)c1CCCCCCCC. The van der Waals surface area contributed by atoms with E-state index >= 15 is 0 Å². The van der Waals surface area contributed by atoms with Gasteiger partial charge in [0, 0.05) is 5.56 Å². The third-order valence-electron chi connectivity index (χ3n) is 8.03. The molecule has 1 aromatic carbocycles. The second kappa shape index (κ2) is 23.9. The van der Waals surface area contributed by atoms with Gasteiger partial charge in [0.15, 0.2) is 5.75 Å². The first-order valence-electron chi connectivity index (χ1n) is 16.9. The van der Waals surface area contributed by atoms with Crippen LogP contribution >= 0.6 is 0 Å². The molecule has 0 aliphatic carbocycles. The molecule has 0 saturated heterocycles. The number of hydrogen-bond donors (Lipinski definition) is 2. The summed E-state index contributed by atoms with van der Waals surface area (Å²) < 4.78 is 0. The summed E-state index contributed by atoms with van der Waals surface area (Å²) in [6, 6.07) is 0. The fourth-order valence-electron chi connectivity index (χ4n) is 5.58. The lowest BCUT2D eigenvalue weighted by Gasteiger charge is -2.23. The van der Waals surface area contributed by atoms with Gasteiger partial charge in [-0.3, -0.25) is 0 Å². The second-order valence-electron chi connectivity index (χ2n) is 11.6. The molecule has 2 N–H and O–H groups in total. The first-order chi connectivity index (χ1) is 19.5. The highest BCUT2D eigenvalue weighted by atomic mass is 17.2. The van der Waals surface area contributed by atoms with E-state index in [0.29, 0.717) is 13.0 Å². The van der Waals surface area contributed by atoms with Crippen LogP contribution in [0, 0.1) is 0 Å². The maximum absolute atomic E-state index is 12.6. The molecule has 1 aromatic rings. The molecule has 0 atom stereocenters. The number of carboxylic acids is 1. The Balaban J connectivity index is 3.35. The Morgan fingerprint density at radius 2 is 0.950 bits per heavy atom. The number of aromatic hydroxyl groups is 1. The van der Waals surface area contributed by atoms with Gasteiger partial charge in [0.25, 0.3) is 0 Å². The molecule has 0 bridgehead atoms. The Kier molecular flexibility index (Phi) is 21.7. The van der Waals surface area contributed by atoms with Crippen LogP contribution in [0.25, 0.3) is 0 Å². The fourth-order valence-corrected chi connectivity index (χ4v) is 5.58. The van der Waals surface area contributed by atoms with Crippen molar-refractivity contribution in [2.75, 3.05) is 6.61 Å². The smallest absolute Gasteiger partial charge is 0.339 e. The van der Waals surface area contributed by atoms with Gasteiger partial charge in [-0.2, -0.15) is 4.89 Å². The predicted molar refractivity (Wildman–Crippen MR) is 168 cm³/mol. The van der Waals surface area contributed by atoms with Gasteiger partial charge in [-0.25, -0.2) is 4.79 Å². The van der Waals surface area contributed by atoms with Crippen molar-refractivity contribution in [1.82, 2.24) is 0 Å². The number of carbonyl (C=O) groups is 1. The van der Waals surface area contributed by atoms with Crippen molar-refractivity contribution in [1.29, 1.82) is 0 Å². The molecule has 1 rings (SSSR count). The molecule has 232 valence electrons. The zero-order chi connectivity index (χ0) is 29.4. The first-order valence-corrected chi connectivity index (χ1v) is 16.9. The van der Waals surface area contributed by atoms with Crippen LogP contribution in [-0.4, -0.2) is 22.8 Å². The molecule has 0 heterocycles. The average Bonchev–Trinajstić information content (AvgIpc) is 2.94. The number of unbranched alkanes of at least 4 members (excludes halogenated alkanes) is 16. The fraction of sp³-hybridized carbons (Fsp3) is 0.800. The van der Waals surface area contributed by atoms with E-state index in [1.54, 1.807) is 0 Å². The predicted octanol–water partition coefficient (Wildman–Crippen LogP) is 10.9. The van der Waals surface area contributed by atoms with Crippen LogP contribution in [-0.2, 0) is 24.2 Å². The Bertz CT molecular complexity index is 789. The quantitative estimate of drug-likeness (QED) is 0.0633. The van der Waals surface area contributed by atoms with Crippen molar-refractivity contribution in [2.24, 2.45) is 0 Å². The Hall–Kier alpha value is -1.75. The van der Waals surface area contributed by atoms with Crippen molar-refractivity contribution in [3.8, 4) is 11.5 Å². The molecule has 0 amide bonds. The number of carboxylic acid groups (broad SMARTS) is 1. The number of rotatable bonds is 27. The van der Waals surface area contributed by atoms with Gasteiger partial charge in [0.2, 0.25) is 5.75 Å². The van der Waals surface area contributed by atoms with Gasteiger partial charge in [0.05, 0.1) is 6.61 Å². The van der Waals surface area contributed by atoms with Gasteiger partial charge in [-0.05, 0) is 56.1 Å². The number of benzene rings is 1. The van der Waals surface area contributed by atoms with E-state index in [1.807, 2.05) is 0 Å². The highest BCUT2D eigenvalue weighted by Gasteiger charge is 2.28. The third-order valence-corrected chi connectivity index (χ3v) is 8.03. The van der Waals surface area contributed by atoms with Crippen LogP contribution < -0.4 is 4.89 Å². The number of hydrogen-bond acceptors (Lipinski definition) is 4. The average molecular weight is 563 g/mol. The first kappa shape index (κ1) is 36.3. The summed E-state index contributed by atoms with van der Waals surface area (Å²) >= 11 is 0. The molecular weight excluding hydrogens is 500 g/mol. The lowest BCUT2D eigenvalue weighted by Crippen LogP contribution is -2.14. The van der Waals surface area contributed by atoms with Gasteiger partial charge >= 0.3 is 5.97 Å². The largest absolute Gasteiger partial charge is 0.504 e. The summed E-state index contributed by atoms with van der Waals surface area (Å²) in [5.41, 5.74) is 2.93. The molecule has 0 saturated carbocycles. The number of aromatic carboxylic acids is 1. The zero-order valence-electron chi connectivity index (χ0n) is 26.6. The van der Waals surface area contributed by atoms with Crippen molar-refractivity contribution < 1.29 is 24.8 Å². The second-order valence-corrected chi connectivity index (χ2v) is 11.6. The van der Waals surface area contributed by atoms with Crippen LogP contribution in [0.15, 0.2) is 0 Å². The van der Waals surface area contributed by atoms with Crippen LogP contribution in [0.2, 0.25) is 0 Å². The highest BCUT2D eigenvalue weighted by Crippen LogP contribution is 2.42. The summed E-state index contributed by atoms with van der Waals surface area (Å²) in [5, 5.41) is 21.6. The summed E-state index contributed by atoms with van der Waals surface area (Å²) in [6.07, 6.45) is 25.2. The van der Waals surface area contributed by atoms with E-state index < -0.39 is 5.97 Å². The summed E-state index contributed by atoms with van der Waals surface area (Å²) in [7, 11) is 0. The monoisotopic (exact) mass is 562 g/mol. The maximum Gasteiger partial charge on any atom is 0.339 e. The van der Waals surface area contributed by atoms with E-state index in [-0.39, 0.29) is 17.1 Å². The summed E-state index contributed by atoms with van der Waals surface area (Å²) in [5.74, 6) is -1.08. The Labute approximate surface area is 246 Å². The third kappa shape index (κ3) is 14.2. The molecule has 0 unspecified atom stereocenters. The normalized spacial score (nSPS) is 11.3. The van der Waals surface area contributed by atoms with Gasteiger partial charge < -0.3 is 15.1 Å². The standard InChI is InChI=1S/C35H62O5/c1-5-9-13-16-19-22-25-29-30(26-23-20-17-14-10-6-2)32(35(37)38)33(36)34(40-39-28-12-8-4)31(29)27-24-21-18-15-11-7-3/h36H,5-28H2,1-4H3,(H,37,38). The molecule has 0 radical (unpaired) electrons. The molecule has 0 spiro atoms. The molecule has 0 fully saturated rings. The molecule has 5 nitrogen and oxygen atoms in total. The van der Waals surface area contributed by atoms with Crippen molar-refractivity contribution in [3.63, 3.8) is 0 Å². The maximum atomic E-state index is 12.6. The van der Waals surface area contributed by atoms with Gasteiger partial charge in [0.1, 0.15) is 5.56 Å². The van der Waals surface area contributed by atoms with Gasteiger partial charge in [-0.1, -0.05) is 130 Å². The minimum atomic E-state index is -1.08. The molecular formula is C35H62O5. The van der Waals surface area contributed by atoms with E-state index in [0.717, 1.165) is 80.9 Å². The minimum absolute atomic E-state index is 0.0235. The molecule has 0 aliphatic rings. The van der Waals surface area contributed by atoms with Crippen LogP contribution in [0.1, 0.15) is 183 Å². The summed E-state index contributed by atoms with van der Waals surface area (Å²) in [6.45, 7) is 9.19. The van der Waals surface area contributed by atoms with Crippen LogP contribution in [0.4, 0.5) is 0 Å². The Morgan fingerprint density at radius 3 is 1.40 bits per heavy atom. The van der Waals surface area contributed by atoms with E-state index in [1.165, 1.54) is 77.0 Å². The molecule has 5 heteroatoms. The van der Waals surface area contributed by atoms with Crippen molar-refractivity contribution >= 4 is 5.97 Å².